The van der Waals surface area contributed by atoms with E-state index in [0.717, 1.165) is 6.42 Å². The zero-order valence-corrected chi connectivity index (χ0v) is 12.8. The van der Waals surface area contributed by atoms with Crippen molar-refractivity contribution < 1.29 is 4.74 Å². The van der Waals surface area contributed by atoms with Crippen LogP contribution in [0.1, 0.15) is 31.0 Å². The van der Waals surface area contributed by atoms with Gasteiger partial charge in [0.2, 0.25) is 11.8 Å². The largest absolute Gasteiger partial charge is 0.475 e. The van der Waals surface area contributed by atoms with Crippen LogP contribution in [-0.4, -0.2) is 21.4 Å². The summed E-state index contributed by atoms with van der Waals surface area (Å²) in [4.78, 5) is 8.64. The smallest absolute Gasteiger partial charge is 0.226 e. The molecule has 110 valence electrons. The van der Waals surface area contributed by atoms with Crippen molar-refractivity contribution in [3.05, 3.63) is 47.7 Å². The van der Waals surface area contributed by atoms with Gasteiger partial charge < -0.3 is 10.1 Å². The molecule has 1 aliphatic carbocycles. The average Bonchev–Trinajstić information content (AvgIpc) is 2.75. The van der Waals surface area contributed by atoms with E-state index in [1.807, 2.05) is 26.0 Å². The number of aromatic nitrogens is 2. The Morgan fingerprint density at radius 2 is 2.10 bits per heavy atom. The Bertz CT molecular complexity index is 632. The zero-order valence-electron chi connectivity index (χ0n) is 12.1. The molecule has 2 aromatic rings. The van der Waals surface area contributed by atoms with Gasteiger partial charge in [-0.1, -0.05) is 24.3 Å². The summed E-state index contributed by atoms with van der Waals surface area (Å²) in [5.74, 6) is 1.11. The maximum Gasteiger partial charge on any atom is 0.226 e. The van der Waals surface area contributed by atoms with Crippen molar-refractivity contribution in [3.63, 3.8) is 0 Å². The molecule has 0 amide bonds. The molecule has 3 rings (SSSR count). The Labute approximate surface area is 129 Å². The summed E-state index contributed by atoms with van der Waals surface area (Å²) in [5, 5.41) is 3.33. The van der Waals surface area contributed by atoms with Crippen LogP contribution in [0.3, 0.4) is 0 Å². The van der Waals surface area contributed by atoms with Crippen molar-refractivity contribution in [2.45, 2.75) is 37.8 Å². The van der Waals surface area contributed by atoms with Crippen molar-refractivity contribution in [3.8, 4) is 5.88 Å². The van der Waals surface area contributed by atoms with E-state index in [1.165, 1.54) is 11.1 Å². The monoisotopic (exact) mass is 303 g/mol. The number of rotatable bonds is 4. The lowest BCUT2D eigenvalue weighted by Crippen LogP contribution is -2.18. The van der Waals surface area contributed by atoms with Crippen LogP contribution in [0.5, 0.6) is 5.88 Å². The topological polar surface area (TPSA) is 47.0 Å². The lowest BCUT2D eigenvalue weighted by Gasteiger charge is -2.18. The van der Waals surface area contributed by atoms with Gasteiger partial charge in [-0.25, -0.2) is 4.98 Å². The standard InChI is InChI=1S/C16H18ClN3O/c1-10(2)21-14-7-8-18-16(19-14)20-15-12-6-4-3-5-11(12)9-13(15)17/h3-8,10,13,15H,9H2,1-2H3,(H,18,19,20). The minimum absolute atomic E-state index is 0.000623. The zero-order chi connectivity index (χ0) is 14.8. The molecule has 0 fully saturated rings. The van der Waals surface area contributed by atoms with Gasteiger partial charge in [0.05, 0.1) is 17.5 Å². The number of nitrogens with one attached hydrogen (secondary N) is 1. The Morgan fingerprint density at radius 1 is 1.29 bits per heavy atom. The van der Waals surface area contributed by atoms with Gasteiger partial charge in [0.25, 0.3) is 0 Å². The summed E-state index contributed by atoms with van der Waals surface area (Å²) in [6, 6.07) is 10.1. The molecule has 0 bridgehead atoms. The molecule has 1 aromatic heterocycles. The molecule has 1 N–H and O–H groups in total. The van der Waals surface area contributed by atoms with Gasteiger partial charge in [-0.05, 0) is 31.4 Å². The summed E-state index contributed by atoms with van der Waals surface area (Å²) < 4.78 is 5.59. The molecule has 21 heavy (non-hydrogen) atoms. The predicted octanol–water partition coefficient (Wildman–Crippen LogP) is 3.58. The van der Waals surface area contributed by atoms with Gasteiger partial charge in [-0.3, -0.25) is 0 Å². The summed E-state index contributed by atoms with van der Waals surface area (Å²) in [6.45, 7) is 3.94. The number of alkyl halides is 1. The minimum atomic E-state index is 0.000623. The lowest BCUT2D eigenvalue weighted by molar-refractivity contribution is 0.232. The van der Waals surface area contributed by atoms with Gasteiger partial charge in [0.15, 0.2) is 0 Å². The third kappa shape index (κ3) is 3.10. The van der Waals surface area contributed by atoms with E-state index in [9.17, 15) is 0 Å². The quantitative estimate of drug-likeness (QED) is 0.877. The number of hydrogen-bond donors (Lipinski definition) is 1. The normalized spacial score (nSPS) is 20.4. The van der Waals surface area contributed by atoms with Gasteiger partial charge in [-0.2, -0.15) is 4.98 Å². The highest BCUT2D eigenvalue weighted by Gasteiger charge is 2.31. The van der Waals surface area contributed by atoms with Crippen molar-refractivity contribution in [2.75, 3.05) is 5.32 Å². The molecule has 0 saturated heterocycles. The van der Waals surface area contributed by atoms with Gasteiger partial charge >= 0.3 is 0 Å². The fourth-order valence-corrected chi connectivity index (χ4v) is 2.94. The molecule has 0 radical (unpaired) electrons. The van der Waals surface area contributed by atoms with Crippen LogP contribution >= 0.6 is 11.6 Å². The van der Waals surface area contributed by atoms with E-state index in [2.05, 4.69) is 27.4 Å². The number of fused-ring (bicyclic) bond motifs is 1. The number of halogens is 1. The van der Waals surface area contributed by atoms with E-state index in [0.29, 0.717) is 11.8 Å². The second-order valence-electron chi connectivity index (χ2n) is 5.43. The molecule has 0 spiro atoms. The Hall–Kier alpha value is -1.81. The first-order valence-electron chi connectivity index (χ1n) is 7.11. The molecule has 0 saturated carbocycles. The molecule has 1 aromatic carbocycles. The van der Waals surface area contributed by atoms with Crippen LogP contribution in [0.4, 0.5) is 5.95 Å². The number of benzene rings is 1. The summed E-state index contributed by atoms with van der Waals surface area (Å²) in [5.41, 5.74) is 2.50. The van der Waals surface area contributed by atoms with Gasteiger partial charge in [0, 0.05) is 12.3 Å². The first kappa shape index (κ1) is 14.1. The molecule has 5 heteroatoms. The van der Waals surface area contributed by atoms with E-state index < -0.39 is 0 Å². The second kappa shape index (κ2) is 5.90. The van der Waals surface area contributed by atoms with Gasteiger partial charge in [-0.15, -0.1) is 11.6 Å². The molecule has 0 aliphatic heterocycles. The highest BCUT2D eigenvalue weighted by atomic mass is 35.5. The van der Waals surface area contributed by atoms with Crippen molar-refractivity contribution >= 4 is 17.5 Å². The molecule has 1 aliphatic rings. The van der Waals surface area contributed by atoms with Crippen molar-refractivity contribution in [1.82, 2.24) is 9.97 Å². The molecule has 4 nitrogen and oxygen atoms in total. The highest BCUT2D eigenvalue weighted by Crippen LogP contribution is 2.36. The number of ether oxygens (including phenoxy) is 1. The maximum atomic E-state index is 6.47. The fourth-order valence-electron chi connectivity index (χ4n) is 2.57. The Kier molecular flexibility index (Phi) is 3.97. The van der Waals surface area contributed by atoms with Crippen LogP contribution in [0.25, 0.3) is 0 Å². The minimum Gasteiger partial charge on any atom is -0.475 e. The highest BCUT2D eigenvalue weighted by molar-refractivity contribution is 6.21. The van der Waals surface area contributed by atoms with Crippen molar-refractivity contribution in [2.24, 2.45) is 0 Å². The Balaban J connectivity index is 1.81. The molecule has 1 heterocycles. The predicted molar refractivity (Wildman–Crippen MR) is 83.9 cm³/mol. The summed E-state index contributed by atoms with van der Waals surface area (Å²) >= 11 is 6.47. The van der Waals surface area contributed by atoms with Crippen LogP contribution in [-0.2, 0) is 6.42 Å². The number of hydrogen-bond acceptors (Lipinski definition) is 4. The van der Waals surface area contributed by atoms with E-state index >= 15 is 0 Å². The first-order chi connectivity index (χ1) is 10.1. The third-order valence-electron chi connectivity index (χ3n) is 3.44. The summed E-state index contributed by atoms with van der Waals surface area (Å²) in [6.07, 6.45) is 2.63. The number of nitrogens with zero attached hydrogens (tertiary/aromatic N) is 2. The molecular weight excluding hydrogens is 286 g/mol. The number of anilines is 1. The summed E-state index contributed by atoms with van der Waals surface area (Å²) in [7, 11) is 0. The Morgan fingerprint density at radius 3 is 2.90 bits per heavy atom. The van der Waals surface area contributed by atoms with E-state index in [-0.39, 0.29) is 17.5 Å². The maximum absolute atomic E-state index is 6.47. The van der Waals surface area contributed by atoms with Crippen LogP contribution in [0, 0.1) is 0 Å². The molecule has 2 atom stereocenters. The third-order valence-corrected chi connectivity index (χ3v) is 3.84. The van der Waals surface area contributed by atoms with Crippen molar-refractivity contribution in [1.29, 1.82) is 0 Å². The second-order valence-corrected chi connectivity index (χ2v) is 5.99. The average molecular weight is 304 g/mol. The van der Waals surface area contributed by atoms with E-state index in [1.54, 1.807) is 12.3 Å². The molecular formula is C16H18ClN3O. The first-order valence-corrected chi connectivity index (χ1v) is 7.55. The van der Waals surface area contributed by atoms with Gasteiger partial charge in [0.1, 0.15) is 0 Å². The fraction of sp³-hybridized carbons (Fsp3) is 0.375. The SMILES string of the molecule is CC(C)Oc1ccnc(NC2c3ccccc3CC2Cl)n1. The van der Waals surface area contributed by atoms with Crippen LogP contribution < -0.4 is 10.1 Å². The van der Waals surface area contributed by atoms with Crippen LogP contribution in [0.2, 0.25) is 0 Å². The van der Waals surface area contributed by atoms with E-state index in [4.69, 9.17) is 16.3 Å². The lowest BCUT2D eigenvalue weighted by atomic mass is 10.1. The molecule has 2 unspecified atom stereocenters. The van der Waals surface area contributed by atoms with Crippen LogP contribution in [0.15, 0.2) is 36.5 Å².